The van der Waals surface area contributed by atoms with Crippen LogP contribution in [0.3, 0.4) is 0 Å². The molecule has 0 fully saturated rings. The zero-order chi connectivity index (χ0) is 20.4. The summed E-state index contributed by atoms with van der Waals surface area (Å²) < 4.78 is 11.5. The lowest BCUT2D eigenvalue weighted by molar-refractivity contribution is 0.0607. The number of carbonyl (C=O) groups is 1. The second kappa shape index (κ2) is 8.13. The van der Waals surface area contributed by atoms with Gasteiger partial charge in [0, 0.05) is 24.9 Å². The Morgan fingerprint density at radius 3 is 2.59 bits per heavy atom. The molecule has 1 heterocycles. The van der Waals surface area contributed by atoms with Crippen molar-refractivity contribution in [1.82, 2.24) is 4.90 Å². The average Bonchev–Trinajstić information content (AvgIpc) is 2.72. The zero-order valence-corrected chi connectivity index (χ0v) is 17.0. The number of benzene rings is 3. The molecule has 5 heteroatoms. The van der Waals surface area contributed by atoms with E-state index >= 15 is 0 Å². The predicted octanol–water partition coefficient (Wildman–Crippen LogP) is 4.84. The maximum Gasteiger partial charge on any atom is 0.257 e. The highest BCUT2D eigenvalue weighted by Gasteiger charge is 2.35. The Kier molecular flexibility index (Phi) is 5.41. The molecule has 1 N–H and O–H groups in total. The highest BCUT2D eigenvalue weighted by Crippen LogP contribution is 2.40. The first kappa shape index (κ1) is 19.3. The fourth-order valence-electron chi connectivity index (χ4n) is 3.86. The molecule has 0 bridgehead atoms. The van der Waals surface area contributed by atoms with Gasteiger partial charge in [-0.3, -0.25) is 4.79 Å². The van der Waals surface area contributed by atoms with Gasteiger partial charge < -0.3 is 19.7 Å². The predicted molar refractivity (Wildman–Crippen MR) is 115 cm³/mol. The number of nitrogens with one attached hydrogen (secondary N) is 1. The molecule has 5 nitrogen and oxygen atoms in total. The van der Waals surface area contributed by atoms with Crippen LogP contribution in [0.4, 0.5) is 5.69 Å². The van der Waals surface area contributed by atoms with E-state index in [9.17, 15) is 4.79 Å². The molecule has 0 radical (unpaired) electrons. The van der Waals surface area contributed by atoms with Crippen molar-refractivity contribution in [1.29, 1.82) is 0 Å². The summed E-state index contributed by atoms with van der Waals surface area (Å²) in [5, 5.41) is 5.75. The molecule has 150 valence electrons. The Bertz CT molecular complexity index is 1030. The van der Waals surface area contributed by atoms with Crippen molar-refractivity contribution in [3.8, 4) is 5.75 Å². The Morgan fingerprint density at radius 2 is 1.79 bits per heavy atom. The van der Waals surface area contributed by atoms with Gasteiger partial charge in [0.1, 0.15) is 11.9 Å². The number of para-hydroxylation sites is 1. The summed E-state index contributed by atoms with van der Waals surface area (Å²) in [5.41, 5.74) is 2.47. The second-order valence-corrected chi connectivity index (χ2v) is 7.45. The first-order valence-corrected chi connectivity index (χ1v) is 9.94. The highest BCUT2D eigenvalue weighted by atomic mass is 16.5. The van der Waals surface area contributed by atoms with Crippen molar-refractivity contribution >= 4 is 22.4 Å². The summed E-state index contributed by atoms with van der Waals surface area (Å²) >= 11 is 0. The van der Waals surface area contributed by atoms with Gasteiger partial charge >= 0.3 is 0 Å². The van der Waals surface area contributed by atoms with E-state index in [1.807, 2.05) is 61.2 Å². The van der Waals surface area contributed by atoms with Gasteiger partial charge in [0.15, 0.2) is 0 Å². The van der Waals surface area contributed by atoms with E-state index < -0.39 is 0 Å². The minimum atomic E-state index is -0.354. The molecule has 0 saturated carbocycles. The van der Waals surface area contributed by atoms with Gasteiger partial charge in [0.05, 0.1) is 18.3 Å². The quantitative estimate of drug-likeness (QED) is 0.654. The normalized spacial score (nSPS) is 16.1. The molecule has 1 amide bonds. The van der Waals surface area contributed by atoms with Crippen LogP contribution in [0.15, 0.2) is 60.7 Å². The Balaban J connectivity index is 1.90. The fourth-order valence-corrected chi connectivity index (χ4v) is 3.86. The molecule has 1 unspecified atom stereocenters. The first-order chi connectivity index (χ1) is 14.1. The number of methoxy groups -OCH3 is 1. The molecule has 1 aliphatic rings. The molecular weight excluding hydrogens is 364 g/mol. The number of anilines is 1. The number of nitrogens with zero attached hydrogens (tertiary/aromatic N) is 1. The van der Waals surface area contributed by atoms with E-state index in [0.717, 1.165) is 27.8 Å². The Morgan fingerprint density at radius 1 is 1.03 bits per heavy atom. The minimum Gasteiger partial charge on any atom is -0.491 e. The van der Waals surface area contributed by atoms with Crippen LogP contribution in [0.5, 0.6) is 5.75 Å². The van der Waals surface area contributed by atoms with Crippen LogP contribution >= 0.6 is 0 Å². The van der Waals surface area contributed by atoms with Crippen molar-refractivity contribution in [3.63, 3.8) is 0 Å². The van der Waals surface area contributed by atoms with Gasteiger partial charge in [-0.15, -0.1) is 0 Å². The van der Waals surface area contributed by atoms with E-state index in [-0.39, 0.29) is 18.2 Å². The Hall–Kier alpha value is -3.05. The molecule has 4 rings (SSSR count). The van der Waals surface area contributed by atoms with Crippen LogP contribution in [-0.4, -0.2) is 37.2 Å². The molecule has 3 aromatic rings. The molecule has 0 aliphatic carbocycles. The number of carbonyl (C=O) groups excluding carboxylic acids is 1. The highest BCUT2D eigenvalue weighted by molar-refractivity contribution is 6.02. The lowest BCUT2D eigenvalue weighted by atomic mass is 9.97. The summed E-state index contributed by atoms with van der Waals surface area (Å²) in [5.74, 6) is 0.774. The van der Waals surface area contributed by atoms with Crippen molar-refractivity contribution in [2.75, 3.05) is 25.6 Å². The molecule has 0 aromatic heterocycles. The molecular formula is C24H26N2O3. The van der Waals surface area contributed by atoms with Crippen molar-refractivity contribution in [2.24, 2.45) is 0 Å². The molecule has 3 aromatic carbocycles. The van der Waals surface area contributed by atoms with Gasteiger partial charge in [0.25, 0.3) is 5.91 Å². The first-order valence-electron chi connectivity index (χ1n) is 9.94. The largest absolute Gasteiger partial charge is 0.491 e. The molecule has 29 heavy (non-hydrogen) atoms. The number of rotatable bonds is 6. The molecule has 0 saturated heterocycles. The van der Waals surface area contributed by atoms with Crippen LogP contribution in [0.25, 0.3) is 10.8 Å². The summed E-state index contributed by atoms with van der Waals surface area (Å²) in [6.45, 7) is 4.95. The average molecular weight is 390 g/mol. The van der Waals surface area contributed by atoms with E-state index in [2.05, 4.69) is 23.5 Å². The standard InChI is InChI=1S/C24H26N2O3/c1-16(2)29-21-13-12-17-8-4-5-9-18(17)22(21)23-25-20-11-7-6-10-19(20)24(27)26(23)14-15-28-3/h4-13,16,23,25H,14-15H2,1-3H3. The number of hydrogen-bond acceptors (Lipinski definition) is 4. The van der Waals surface area contributed by atoms with Gasteiger partial charge in [-0.05, 0) is 42.8 Å². The van der Waals surface area contributed by atoms with E-state index in [4.69, 9.17) is 9.47 Å². The number of ether oxygens (including phenoxy) is 2. The zero-order valence-electron chi connectivity index (χ0n) is 17.0. The summed E-state index contributed by atoms with van der Waals surface area (Å²) in [4.78, 5) is 15.2. The molecule has 0 spiro atoms. The third-order valence-corrected chi connectivity index (χ3v) is 5.13. The number of fused-ring (bicyclic) bond motifs is 2. The topological polar surface area (TPSA) is 50.8 Å². The SMILES string of the molecule is COCCN1C(=O)c2ccccc2NC1c1c(OC(C)C)ccc2ccccc12. The second-order valence-electron chi connectivity index (χ2n) is 7.45. The van der Waals surface area contributed by atoms with Gasteiger partial charge in [-0.25, -0.2) is 0 Å². The summed E-state index contributed by atoms with van der Waals surface area (Å²) in [6.07, 6.45) is -0.332. The fraction of sp³-hybridized carbons (Fsp3) is 0.292. The summed E-state index contributed by atoms with van der Waals surface area (Å²) in [6, 6.07) is 19.9. The molecule has 1 atom stereocenters. The van der Waals surface area contributed by atoms with Crippen LogP contribution in [-0.2, 0) is 4.74 Å². The summed E-state index contributed by atoms with van der Waals surface area (Å²) in [7, 11) is 1.65. The smallest absolute Gasteiger partial charge is 0.257 e. The number of hydrogen-bond donors (Lipinski definition) is 1. The van der Waals surface area contributed by atoms with Crippen molar-refractivity contribution in [3.05, 3.63) is 71.8 Å². The van der Waals surface area contributed by atoms with Gasteiger partial charge in [0.2, 0.25) is 0 Å². The maximum absolute atomic E-state index is 13.4. The van der Waals surface area contributed by atoms with Gasteiger partial charge in [-0.2, -0.15) is 0 Å². The lowest BCUT2D eigenvalue weighted by Crippen LogP contribution is -2.44. The van der Waals surface area contributed by atoms with E-state index in [1.54, 1.807) is 7.11 Å². The number of amides is 1. The van der Waals surface area contributed by atoms with Gasteiger partial charge in [-0.1, -0.05) is 42.5 Å². The minimum absolute atomic E-state index is 0.00942. The third-order valence-electron chi connectivity index (χ3n) is 5.13. The van der Waals surface area contributed by atoms with E-state index in [1.165, 1.54) is 0 Å². The van der Waals surface area contributed by atoms with Crippen LogP contribution in [0, 0.1) is 0 Å². The van der Waals surface area contributed by atoms with Crippen LogP contribution in [0.2, 0.25) is 0 Å². The van der Waals surface area contributed by atoms with Crippen LogP contribution < -0.4 is 10.1 Å². The lowest BCUT2D eigenvalue weighted by Gasteiger charge is -2.39. The Labute approximate surface area is 171 Å². The third kappa shape index (κ3) is 3.66. The monoisotopic (exact) mass is 390 g/mol. The van der Waals surface area contributed by atoms with Crippen LogP contribution in [0.1, 0.15) is 35.9 Å². The van der Waals surface area contributed by atoms with E-state index in [0.29, 0.717) is 18.7 Å². The van der Waals surface area contributed by atoms with Crippen molar-refractivity contribution in [2.45, 2.75) is 26.1 Å². The maximum atomic E-state index is 13.4. The molecule has 1 aliphatic heterocycles. The van der Waals surface area contributed by atoms with Crippen molar-refractivity contribution < 1.29 is 14.3 Å².